The number of nitrogens with zero attached hydrogens (tertiary/aromatic N) is 4. The lowest BCUT2D eigenvalue weighted by atomic mass is 10.0. The van der Waals surface area contributed by atoms with Crippen molar-refractivity contribution in [2.24, 2.45) is 0 Å². The fraction of sp³-hybridized carbons (Fsp3) is 0.400. The van der Waals surface area contributed by atoms with Gasteiger partial charge in [0.05, 0.1) is 18.2 Å². The first-order valence-corrected chi connectivity index (χ1v) is 9.53. The number of nitrogen functional groups attached to an aromatic ring is 1. The number of anilines is 2. The first-order valence-electron chi connectivity index (χ1n) is 9.53. The second kappa shape index (κ2) is 7.10. The van der Waals surface area contributed by atoms with E-state index in [4.69, 9.17) is 14.9 Å². The van der Waals surface area contributed by atoms with Crippen LogP contribution in [0.3, 0.4) is 0 Å². The van der Waals surface area contributed by atoms with E-state index in [0.717, 1.165) is 12.5 Å². The van der Waals surface area contributed by atoms with Crippen molar-refractivity contribution in [2.75, 3.05) is 24.3 Å². The molecule has 0 aliphatic carbocycles. The van der Waals surface area contributed by atoms with Crippen molar-refractivity contribution in [3.05, 3.63) is 33.2 Å². The molecule has 4 heterocycles. The highest BCUT2D eigenvalue weighted by Crippen LogP contribution is 2.41. The van der Waals surface area contributed by atoms with Crippen molar-refractivity contribution in [2.45, 2.75) is 39.4 Å². The topological polar surface area (TPSA) is 107 Å². The quantitative estimate of drug-likeness (QED) is 0.666. The Kier molecular flexibility index (Phi) is 4.78. The first-order chi connectivity index (χ1) is 14.5. The molecule has 3 aromatic rings. The number of nitrogens with two attached hydrogens (primary N) is 1. The summed E-state index contributed by atoms with van der Waals surface area (Å²) in [6.07, 6.45) is -3.82. The second-order valence-electron chi connectivity index (χ2n) is 7.52. The normalized spacial score (nSPS) is 16.5. The number of pyridine rings is 1. The van der Waals surface area contributed by atoms with Crippen LogP contribution in [0.5, 0.6) is 6.01 Å². The number of halogens is 3. The predicted molar refractivity (Wildman–Crippen MR) is 108 cm³/mol. The zero-order valence-electron chi connectivity index (χ0n) is 17.3. The molecule has 164 valence electrons. The Hall–Kier alpha value is -3.37. The van der Waals surface area contributed by atoms with Gasteiger partial charge in [-0.1, -0.05) is 0 Å². The summed E-state index contributed by atoms with van der Waals surface area (Å²) in [6.45, 7) is 5.43. The summed E-state index contributed by atoms with van der Waals surface area (Å²) < 4.78 is 52.0. The van der Waals surface area contributed by atoms with Gasteiger partial charge in [-0.2, -0.15) is 23.1 Å². The molecule has 31 heavy (non-hydrogen) atoms. The number of fused-ring (bicyclic) bond motifs is 1. The van der Waals surface area contributed by atoms with Crippen LogP contribution >= 0.6 is 0 Å². The minimum absolute atomic E-state index is 0.00555. The molecular formula is C20H20F3N5O3. The van der Waals surface area contributed by atoms with Gasteiger partial charge in [0, 0.05) is 18.2 Å². The molecule has 0 amide bonds. The van der Waals surface area contributed by atoms with Gasteiger partial charge >= 0.3 is 17.8 Å². The second-order valence-corrected chi connectivity index (χ2v) is 7.52. The number of aryl methyl sites for hydroxylation is 2. The van der Waals surface area contributed by atoms with E-state index in [1.54, 1.807) is 0 Å². The molecular weight excluding hydrogens is 415 g/mol. The maximum absolute atomic E-state index is 13.8. The number of hydrogen-bond donors (Lipinski definition) is 1. The van der Waals surface area contributed by atoms with Crippen LogP contribution < -0.4 is 21.0 Å². The lowest BCUT2D eigenvalue weighted by molar-refractivity contribution is -0.137. The van der Waals surface area contributed by atoms with E-state index in [2.05, 4.69) is 15.0 Å². The molecule has 0 saturated carbocycles. The number of methoxy groups -OCH3 is 1. The van der Waals surface area contributed by atoms with Gasteiger partial charge in [0.1, 0.15) is 16.9 Å². The largest absolute Gasteiger partial charge is 0.467 e. The molecule has 1 atom stereocenters. The minimum atomic E-state index is -4.73. The third-order valence-electron chi connectivity index (χ3n) is 5.47. The van der Waals surface area contributed by atoms with Crippen LogP contribution in [0.2, 0.25) is 0 Å². The Morgan fingerprint density at radius 1 is 1.26 bits per heavy atom. The molecule has 8 nitrogen and oxygen atoms in total. The van der Waals surface area contributed by atoms with Gasteiger partial charge in [-0.3, -0.25) is 0 Å². The number of rotatable bonds is 3. The molecule has 1 aliphatic heterocycles. The third-order valence-corrected chi connectivity index (χ3v) is 5.47. The molecule has 3 aromatic heterocycles. The van der Waals surface area contributed by atoms with Gasteiger partial charge in [0.2, 0.25) is 0 Å². The Bertz CT molecular complexity index is 1260. The van der Waals surface area contributed by atoms with Crippen LogP contribution in [0, 0.1) is 13.8 Å². The van der Waals surface area contributed by atoms with Gasteiger partial charge in [0.15, 0.2) is 11.6 Å². The van der Waals surface area contributed by atoms with Crippen LogP contribution in [0.25, 0.3) is 22.4 Å². The minimum Gasteiger partial charge on any atom is -0.467 e. The summed E-state index contributed by atoms with van der Waals surface area (Å²) in [5, 5.41) is 0.0859. The summed E-state index contributed by atoms with van der Waals surface area (Å²) in [4.78, 5) is 27.3. The average molecular weight is 435 g/mol. The zero-order chi connectivity index (χ0) is 22.7. The summed E-state index contributed by atoms with van der Waals surface area (Å²) in [7, 11) is 1.37. The Labute approximate surface area is 174 Å². The van der Waals surface area contributed by atoms with E-state index in [1.807, 2.05) is 11.8 Å². The molecule has 1 fully saturated rings. The highest BCUT2D eigenvalue weighted by molar-refractivity contribution is 5.93. The van der Waals surface area contributed by atoms with E-state index in [9.17, 15) is 18.0 Å². The van der Waals surface area contributed by atoms with Gasteiger partial charge in [0.25, 0.3) is 0 Å². The van der Waals surface area contributed by atoms with E-state index in [1.165, 1.54) is 21.0 Å². The van der Waals surface area contributed by atoms with E-state index < -0.39 is 23.1 Å². The Morgan fingerprint density at radius 3 is 2.52 bits per heavy atom. The zero-order valence-corrected chi connectivity index (χ0v) is 17.3. The van der Waals surface area contributed by atoms with Gasteiger partial charge in [-0.15, -0.1) is 0 Å². The lowest BCUT2D eigenvalue weighted by Gasteiger charge is -2.40. The van der Waals surface area contributed by atoms with Crippen LogP contribution in [0.1, 0.15) is 30.0 Å². The summed E-state index contributed by atoms with van der Waals surface area (Å²) >= 11 is 0. The van der Waals surface area contributed by atoms with Crippen molar-refractivity contribution in [3.63, 3.8) is 0 Å². The van der Waals surface area contributed by atoms with E-state index in [0.29, 0.717) is 12.4 Å². The molecule has 0 bridgehead atoms. The molecule has 0 spiro atoms. The van der Waals surface area contributed by atoms with Crippen molar-refractivity contribution < 1.29 is 22.3 Å². The molecule has 2 N–H and O–H groups in total. The summed E-state index contributed by atoms with van der Waals surface area (Å²) in [5.74, 6) is -0.140. The van der Waals surface area contributed by atoms with Crippen LogP contribution in [-0.4, -0.2) is 34.6 Å². The number of ether oxygens (including phenoxy) is 1. The monoisotopic (exact) mass is 435 g/mol. The molecule has 11 heteroatoms. The highest BCUT2D eigenvalue weighted by Gasteiger charge is 2.39. The standard InChI is InChI=1S/C20H20F3N5O3/c1-8-7-11(24)25-15(13(8)20(21,22)23)16-10(3)14-12(18(29)31-16)17(27-19(26-14)30-4)28-6-5-9(28)2/h7,9H,5-6H2,1-4H3,(H2,24,25). The average Bonchev–Trinajstić information content (AvgIpc) is 2.67. The number of hydrogen-bond acceptors (Lipinski definition) is 8. The van der Waals surface area contributed by atoms with Gasteiger partial charge < -0.3 is 19.8 Å². The fourth-order valence-corrected chi connectivity index (χ4v) is 3.79. The maximum atomic E-state index is 13.8. The molecule has 1 aliphatic rings. The van der Waals surface area contributed by atoms with Crippen molar-refractivity contribution in [3.8, 4) is 17.5 Å². The van der Waals surface area contributed by atoms with Gasteiger partial charge in [-0.25, -0.2) is 9.78 Å². The first kappa shape index (κ1) is 20.9. The smallest absolute Gasteiger partial charge is 0.418 e. The third kappa shape index (κ3) is 3.33. The van der Waals surface area contributed by atoms with Crippen molar-refractivity contribution in [1.82, 2.24) is 15.0 Å². The molecule has 4 rings (SSSR count). The summed E-state index contributed by atoms with van der Waals surface area (Å²) in [5.41, 5.74) is 3.48. The fourth-order valence-electron chi connectivity index (χ4n) is 3.79. The van der Waals surface area contributed by atoms with Gasteiger partial charge in [-0.05, 0) is 38.8 Å². The Morgan fingerprint density at radius 2 is 1.97 bits per heavy atom. The molecule has 0 aromatic carbocycles. The molecule has 1 unspecified atom stereocenters. The van der Waals surface area contributed by atoms with Crippen LogP contribution in [0.4, 0.5) is 24.8 Å². The highest BCUT2D eigenvalue weighted by atomic mass is 19.4. The van der Waals surface area contributed by atoms with Crippen molar-refractivity contribution >= 4 is 22.5 Å². The van der Waals surface area contributed by atoms with Crippen LogP contribution in [-0.2, 0) is 6.18 Å². The number of alkyl halides is 3. The van der Waals surface area contributed by atoms with E-state index in [-0.39, 0.29) is 45.7 Å². The van der Waals surface area contributed by atoms with E-state index >= 15 is 0 Å². The number of aromatic nitrogens is 3. The molecule has 1 saturated heterocycles. The maximum Gasteiger partial charge on any atom is 0.418 e. The summed E-state index contributed by atoms with van der Waals surface area (Å²) in [6, 6.07) is 1.25. The lowest BCUT2D eigenvalue weighted by Crippen LogP contribution is -2.46. The predicted octanol–water partition coefficient (Wildman–Crippen LogP) is 3.47. The molecule has 0 radical (unpaired) electrons. The van der Waals surface area contributed by atoms with Crippen molar-refractivity contribution in [1.29, 1.82) is 0 Å². The van der Waals surface area contributed by atoms with Crippen LogP contribution in [0.15, 0.2) is 15.3 Å². The SMILES string of the molecule is COc1nc(N2CCC2C)c2c(=O)oc(-c3nc(N)cc(C)c3C(F)(F)F)c(C)c2n1. The Balaban J connectivity index is 2.08.